The van der Waals surface area contributed by atoms with Crippen LogP contribution in [-0.4, -0.2) is 17.9 Å². The van der Waals surface area contributed by atoms with Gasteiger partial charge in [-0.15, -0.1) is 0 Å². The van der Waals surface area contributed by atoms with Crippen LogP contribution in [0.1, 0.15) is 213 Å². The number of rotatable bonds is 33. The Morgan fingerprint density at radius 3 is 0.653 bits per heavy atom. The second-order valence-corrected chi connectivity index (χ2v) is 13.0. The van der Waals surface area contributed by atoms with Crippen molar-refractivity contribution >= 4 is 17.9 Å². The largest absolute Gasteiger partial charge is 3.00 e. The van der Waals surface area contributed by atoms with Gasteiger partial charge >= 0.3 is 32.7 Å². The number of hydrogen-bond acceptors (Lipinski definition) is 6. The maximum Gasteiger partial charge on any atom is 3.00 e. The summed E-state index contributed by atoms with van der Waals surface area (Å²) in [6, 6.07) is 0. The number of carbonyl (C=O) groups excluding carboxylic acids is 3. The molecule has 0 amide bonds. The SMILES string of the molecule is CCCCCCCCCCCC=CC(=O)[O-].CCCCCCCCCCCC=CC(=O)[O-].CCCCCCCCCCCC=CC(=O)[O-].[Y+3]. The number of allylic oxidation sites excluding steroid dienone is 3. The van der Waals surface area contributed by atoms with E-state index in [-0.39, 0.29) is 32.7 Å². The molecule has 0 spiro atoms. The quantitative estimate of drug-likeness (QED) is 0.0485. The van der Waals surface area contributed by atoms with E-state index in [1.54, 1.807) is 18.2 Å². The zero-order valence-corrected chi connectivity index (χ0v) is 35.0. The summed E-state index contributed by atoms with van der Waals surface area (Å²) in [7, 11) is 0. The molecule has 0 rings (SSSR count). The molecule has 0 aliphatic rings. The van der Waals surface area contributed by atoms with Crippen LogP contribution in [0.15, 0.2) is 36.5 Å². The summed E-state index contributed by atoms with van der Waals surface area (Å²) in [5.41, 5.74) is 0. The first-order valence-corrected chi connectivity index (χ1v) is 19.9. The number of carboxylic acid groups (broad SMARTS) is 3. The average molecular weight is 765 g/mol. The Morgan fingerprint density at radius 2 is 0.490 bits per heavy atom. The first-order chi connectivity index (χ1) is 23.3. The molecule has 0 aromatic carbocycles. The fourth-order valence-corrected chi connectivity index (χ4v) is 5.26. The number of aliphatic carboxylic acids is 3. The predicted octanol–water partition coefficient (Wildman–Crippen LogP) is 9.64. The molecular weight excluding hydrogens is 689 g/mol. The smallest absolute Gasteiger partial charge is 0.545 e. The molecular formula is C42H75O6Y. The number of hydrogen-bond donors (Lipinski definition) is 0. The van der Waals surface area contributed by atoms with E-state index in [2.05, 4.69) is 20.8 Å². The summed E-state index contributed by atoms with van der Waals surface area (Å²) >= 11 is 0. The van der Waals surface area contributed by atoms with Gasteiger partial charge in [-0.1, -0.05) is 193 Å². The average Bonchev–Trinajstić information content (AvgIpc) is 3.05. The van der Waals surface area contributed by atoms with E-state index in [4.69, 9.17) is 0 Å². The zero-order chi connectivity index (χ0) is 36.2. The first kappa shape index (κ1) is 54.5. The normalized spacial score (nSPS) is 10.8. The molecule has 0 N–H and O–H groups in total. The summed E-state index contributed by atoms with van der Waals surface area (Å²) in [6.07, 6.45) is 46.2. The van der Waals surface area contributed by atoms with Crippen molar-refractivity contribution in [3.63, 3.8) is 0 Å². The molecule has 6 nitrogen and oxygen atoms in total. The van der Waals surface area contributed by atoms with Crippen molar-refractivity contribution in [1.82, 2.24) is 0 Å². The molecule has 0 heterocycles. The van der Waals surface area contributed by atoms with Gasteiger partial charge in [-0.3, -0.25) is 0 Å². The van der Waals surface area contributed by atoms with Crippen molar-refractivity contribution in [3.8, 4) is 0 Å². The van der Waals surface area contributed by atoms with Crippen LogP contribution < -0.4 is 15.3 Å². The topological polar surface area (TPSA) is 120 Å². The number of unbranched alkanes of at least 4 members (excludes halogenated alkanes) is 27. The third kappa shape index (κ3) is 65.7. The fraction of sp³-hybridized carbons (Fsp3) is 0.786. The van der Waals surface area contributed by atoms with Gasteiger partial charge in [0.2, 0.25) is 0 Å². The summed E-state index contributed by atoms with van der Waals surface area (Å²) in [4.78, 5) is 30.2. The van der Waals surface area contributed by atoms with Crippen LogP contribution in [0.4, 0.5) is 0 Å². The Labute approximate surface area is 328 Å². The molecule has 0 aliphatic carbocycles. The summed E-state index contributed by atoms with van der Waals surface area (Å²) in [6.45, 7) is 6.71. The van der Waals surface area contributed by atoms with Gasteiger partial charge in [0, 0.05) is 0 Å². The molecule has 0 aliphatic heterocycles. The van der Waals surface area contributed by atoms with Gasteiger partial charge in [-0.05, 0) is 56.8 Å². The first-order valence-electron chi connectivity index (χ1n) is 19.9. The molecule has 0 fully saturated rings. The van der Waals surface area contributed by atoms with E-state index in [9.17, 15) is 29.7 Å². The molecule has 7 heteroatoms. The summed E-state index contributed by atoms with van der Waals surface area (Å²) in [5, 5.41) is 30.2. The molecule has 0 unspecified atom stereocenters. The van der Waals surface area contributed by atoms with Gasteiger partial charge < -0.3 is 29.7 Å². The molecule has 282 valence electrons. The molecule has 49 heavy (non-hydrogen) atoms. The van der Waals surface area contributed by atoms with Crippen LogP contribution in [0.3, 0.4) is 0 Å². The van der Waals surface area contributed by atoms with Gasteiger partial charge in [-0.25, -0.2) is 0 Å². The second-order valence-electron chi connectivity index (χ2n) is 13.0. The van der Waals surface area contributed by atoms with Gasteiger partial charge in [0.05, 0.1) is 17.9 Å². The van der Waals surface area contributed by atoms with Crippen LogP contribution >= 0.6 is 0 Å². The maximum atomic E-state index is 10.1. The molecule has 0 aromatic rings. The summed E-state index contributed by atoms with van der Waals surface area (Å²) < 4.78 is 0. The van der Waals surface area contributed by atoms with Crippen LogP contribution in [-0.2, 0) is 47.1 Å². The predicted molar refractivity (Wildman–Crippen MR) is 198 cm³/mol. The third-order valence-corrected chi connectivity index (χ3v) is 8.18. The minimum Gasteiger partial charge on any atom is -0.545 e. The Hall–Kier alpha value is -1.27. The molecule has 0 atom stereocenters. The monoisotopic (exact) mass is 764 g/mol. The Morgan fingerprint density at radius 1 is 0.327 bits per heavy atom. The number of carbonyl (C=O) groups is 3. The Balaban J connectivity index is -0.000000307. The van der Waals surface area contributed by atoms with E-state index in [0.29, 0.717) is 0 Å². The van der Waals surface area contributed by atoms with Crippen molar-refractivity contribution < 1.29 is 62.4 Å². The minimum atomic E-state index is -1.09. The molecule has 0 saturated carbocycles. The Bertz CT molecular complexity index is 662. The van der Waals surface area contributed by atoms with Gasteiger partial charge in [-0.2, -0.15) is 0 Å². The maximum absolute atomic E-state index is 10.1. The van der Waals surface area contributed by atoms with Gasteiger partial charge in [0.25, 0.3) is 0 Å². The van der Waals surface area contributed by atoms with Crippen molar-refractivity contribution in [1.29, 1.82) is 0 Å². The summed E-state index contributed by atoms with van der Waals surface area (Å²) in [5.74, 6) is -3.26. The van der Waals surface area contributed by atoms with E-state index >= 15 is 0 Å². The van der Waals surface area contributed by atoms with E-state index in [0.717, 1.165) is 56.8 Å². The third-order valence-electron chi connectivity index (χ3n) is 8.18. The zero-order valence-electron chi connectivity index (χ0n) is 32.2. The van der Waals surface area contributed by atoms with Crippen LogP contribution in [0.25, 0.3) is 0 Å². The number of carboxylic acids is 3. The molecule has 0 aromatic heterocycles. The van der Waals surface area contributed by atoms with Gasteiger partial charge in [0.1, 0.15) is 0 Å². The second kappa shape index (κ2) is 51.1. The molecule has 0 radical (unpaired) electrons. The van der Waals surface area contributed by atoms with Crippen LogP contribution in [0.5, 0.6) is 0 Å². The van der Waals surface area contributed by atoms with Crippen LogP contribution in [0.2, 0.25) is 0 Å². The molecule has 0 bridgehead atoms. The standard InChI is InChI=1S/3C14H26O2.Y/c3*1-2-3-4-5-6-7-8-9-10-11-12-13-14(15)16;/h3*12-13H,2-11H2,1H3,(H,15,16);/q;;;+3/p-3. The van der Waals surface area contributed by atoms with E-state index in [1.165, 1.54) is 154 Å². The van der Waals surface area contributed by atoms with E-state index in [1.807, 2.05) is 0 Å². The van der Waals surface area contributed by atoms with Crippen LogP contribution in [0, 0.1) is 0 Å². The van der Waals surface area contributed by atoms with Gasteiger partial charge in [0.15, 0.2) is 0 Å². The van der Waals surface area contributed by atoms with Crippen molar-refractivity contribution in [3.05, 3.63) is 36.5 Å². The van der Waals surface area contributed by atoms with E-state index < -0.39 is 17.9 Å². The van der Waals surface area contributed by atoms with Crippen molar-refractivity contribution in [2.75, 3.05) is 0 Å². The Kier molecular flexibility index (Phi) is 56.9. The molecule has 0 saturated heterocycles. The van der Waals surface area contributed by atoms with Crippen molar-refractivity contribution in [2.45, 2.75) is 213 Å². The minimum absolute atomic E-state index is 0. The fourth-order valence-electron chi connectivity index (χ4n) is 5.26. The van der Waals surface area contributed by atoms with Crippen molar-refractivity contribution in [2.24, 2.45) is 0 Å².